The van der Waals surface area contributed by atoms with Crippen molar-refractivity contribution >= 4 is 33.0 Å². The summed E-state index contributed by atoms with van der Waals surface area (Å²) in [7, 11) is 0. The summed E-state index contributed by atoms with van der Waals surface area (Å²) in [5.74, 6) is 0.644. The predicted octanol–water partition coefficient (Wildman–Crippen LogP) is 8.36. The van der Waals surface area contributed by atoms with Gasteiger partial charge in [-0.05, 0) is 35.2 Å². The van der Waals surface area contributed by atoms with Gasteiger partial charge in [0.25, 0.3) is 0 Å². The SMILES string of the molecule is CC(C)(C)c1cccc2nc(-c3ccc(-c4cccc5c4oc4ccccc45)cc3)oc12. The monoisotopic (exact) mass is 417 g/mol. The molecule has 0 aliphatic carbocycles. The second kappa shape index (κ2) is 6.83. The highest BCUT2D eigenvalue weighted by Gasteiger charge is 2.21. The Bertz CT molecular complexity index is 1590. The fourth-order valence-electron chi connectivity index (χ4n) is 4.43. The van der Waals surface area contributed by atoms with Crippen LogP contribution in [-0.2, 0) is 5.41 Å². The number of hydrogen-bond donors (Lipinski definition) is 0. The number of rotatable bonds is 2. The maximum absolute atomic E-state index is 6.24. The summed E-state index contributed by atoms with van der Waals surface area (Å²) in [5, 5.41) is 2.28. The van der Waals surface area contributed by atoms with E-state index in [1.165, 1.54) is 5.56 Å². The van der Waals surface area contributed by atoms with Crippen LogP contribution < -0.4 is 0 Å². The minimum atomic E-state index is -0.00850. The van der Waals surface area contributed by atoms with Crippen LogP contribution in [-0.4, -0.2) is 4.98 Å². The molecule has 0 N–H and O–H groups in total. The van der Waals surface area contributed by atoms with Gasteiger partial charge in [0.05, 0.1) is 0 Å². The van der Waals surface area contributed by atoms with Crippen LogP contribution in [0.2, 0.25) is 0 Å². The first kappa shape index (κ1) is 18.9. The van der Waals surface area contributed by atoms with Crippen molar-refractivity contribution in [1.82, 2.24) is 4.98 Å². The lowest BCUT2D eigenvalue weighted by molar-refractivity contribution is 0.561. The summed E-state index contributed by atoms with van der Waals surface area (Å²) in [4.78, 5) is 4.75. The zero-order chi connectivity index (χ0) is 21.9. The average Bonchev–Trinajstić information content (AvgIpc) is 3.40. The van der Waals surface area contributed by atoms with Gasteiger partial charge >= 0.3 is 0 Å². The van der Waals surface area contributed by atoms with E-state index in [-0.39, 0.29) is 5.41 Å². The van der Waals surface area contributed by atoms with Gasteiger partial charge in [0.15, 0.2) is 5.58 Å². The Labute approximate surface area is 186 Å². The fraction of sp³-hybridized carbons (Fsp3) is 0.138. The third-order valence-electron chi connectivity index (χ3n) is 6.07. The van der Waals surface area contributed by atoms with Crippen LogP contribution in [0.15, 0.2) is 93.8 Å². The molecule has 3 heteroatoms. The van der Waals surface area contributed by atoms with Crippen LogP contribution in [0, 0.1) is 0 Å². The van der Waals surface area contributed by atoms with E-state index in [1.807, 2.05) is 30.3 Å². The van der Waals surface area contributed by atoms with E-state index in [0.29, 0.717) is 5.89 Å². The van der Waals surface area contributed by atoms with Crippen LogP contribution >= 0.6 is 0 Å². The largest absolute Gasteiger partial charge is 0.455 e. The van der Waals surface area contributed by atoms with Crippen molar-refractivity contribution in [2.75, 3.05) is 0 Å². The van der Waals surface area contributed by atoms with E-state index in [0.717, 1.165) is 49.7 Å². The molecule has 0 spiro atoms. The topological polar surface area (TPSA) is 39.2 Å². The number of hydrogen-bond acceptors (Lipinski definition) is 3. The van der Waals surface area contributed by atoms with Gasteiger partial charge in [-0.25, -0.2) is 4.98 Å². The first-order valence-electron chi connectivity index (χ1n) is 10.9. The van der Waals surface area contributed by atoms with Crippen molar-refractivity contribution in [3.8, 4) is 22.6 Å². The smallest absolute Gasteiger partial charge is 0.227 e. The van der Waals surface area contributed by atoms with E-state index in [1.54, 1.807) is 0 Å². The molecule has 0 atom stereocenters. The molecule has 0 amide bonds. The Morgan fingerprint density at radius 3 is 2.16 bits per heavy atom. The molecule has 0 aliphatic heterocycles. The Hall–Kier alpha value is -3.85. The molecular weight excluding hydrogens is 394 g/mol. The standard InChI is InChI=1S/C29H23NO2/c1-29(2,3)23-11-7-12-24-27(23)32-28(30-24)19-16-14-18(15-17-19)20-9-6-10-22-21-8-4-5-13-25(21)31-26(20)22/h4-17H,1-3H3. The van der Waals surface area contributed by atoms with E-state index in [2.05, 4.69) is 75.4 Å². The maximum atomic E-state index is 6.24. The van der Waals surface area contributed by atoms with Crippen LogP contribution in [0.1, 0.15) is 26.3 Å². The van der Waals surface area contributed by atoms with Crippen molar-refractivity contribution in [3.63, 3.8) is 0 Å². The summed E-state index contributed by atoms with van der Waals surface area (Å²) in [6.07, 6.45) is 0. The van der Waals surface area contributed by atoms with Gasteiger partial charge in [-0.3, -0.25) is 0 Å². The molecule has 0 unspecified atom stereocenters. The molecule has 32 heavy (non-hydrogen) atoms. The lowest BCUT2D eigenvalue weighted by atomic mass is 9.86. The van der Waals surface area contributed by atoms with Crippen molar-refractivity contribution in [2.45, 2.75) is 26.2 Å². The van der Waals surface area contributed by atoms with Gasteiger partial charge in [0, 0.05) is 27.5 Å². The highest BCUT2D eigenvalue weighted by atomic mass is 16.3. The summed E-state index contributed by atoms with van der Waals surface area (Å²) < 4.78 is 12.4. The normalized spacial score (nSPS) is 12.2. The first-order valence-corrected chi connectivity index (χ1v) is 10.9. The van der Waals surface area contributed by atoms with E-state index in [4.69, 9.17) is 13.8 Å². The second-order valence-corrected chi connectivity index (χ2v) is 9.28. The number of fused-ring (bicyclic) bond motifs is 4. The molecule has 156 valence electrons. The van der Waals surface area contributed by atoms with Gasteiger partial charge in [0.2, 0.25) is 5.89 Å². The minimum absolute atomic E-state index is 0.00850. The molecule has 0 radical (unpaired) electrons. The van der Waals surface area contributed by atoms with Gasteiger partial charge in [-0.2, -0.15) is 0 Å². The third-order valence-corrected chi connectivity index (χ3v) is 6.07. The molecule has 2 aromatic heterocycles. The molecule has 0 fully saturated rings. The summed E-state index contributed by atoms with van der Waals surface area (Å²) >= 11 is 0. The molecule has 0 aliphatic rings. The number of benzene rings is 4. The summed E-state index contributed by atoms with van der Waals surface area (Å²) in [5.41, 5.74) is 7.89. The van der Waals surface area contributed by atoms with Crippen molar-refractivity contribution < 1.29 is 8.83 Å². The molecule has 3 nitrogen and oxygen atoms in total. The van der Waals surface area contributed by atoms with Gasteiger partial charge in [-0.15, -0.1) is 0 Å². The summed E-state index contributed by atoms with van der Waals surface area (Å²) in [6.45, 7) is 6.58. The first-order chi connectivity index (χ1) is 15.5. The second-order valence-electron chi connectivity index (χ2n) is 9.28. The highest BCUT2D eigenvalue weighted by Crippen LogP contribution is 2.37. The van der Waals surface area contributed by atoms with Crippen molar-refractivity contribution in [1.29, 1.82) is 0 Å². The van der Waals surface area contributed by atoms with E-state index < -0.39 is 0 Å². The van der Waals surface area contributed by atoms with Crippen molar-refractivity contribution in [2.24, 2.45) is 0 Å². The van der Waals surface area contributed by atoms with Crippen LogP contribution in [0.5, 0.6) is 0 Å². The molecule has 0 saturated heterocycles. The Morgan fingerprint density at radius 1 is 0.625 bits per heavy atom. The summed E-state index contributed by atoms with van der Waals surface area (Å²) in [6, 6.07) is 29.0. The lowest BCUT2D eigenvalue weighted by Gasteiger charge is -2.18. The molecule has 0 saturated carbocycles. The average molecular weight is 418 g/mol. The van der Waals surface area contributed by atoms with Crippen molar-refractivity contribution in [3.05, 3.63) is 90.5 Å². The Balaban J connectivity index is 1.44. The number of nitrogens with zero attached hydrogens (tertiary/aromatic N) is 1. The maximum Gasteiger partial charge on any atom is 0.227 e. The zero-order valence-electron chi connectivity index (χ0n) is 18.3. The third kappa shape index (κ3) is 2.93. The van der Waals surface area contributed by atoms with Crippen LogP contribution in [0.4, 0.5) is 0 Å². The fourth-order valence-corrected chi connectivity index (χ4v) is 4.43. The molecule has 2 heterocycles. The highest BCUT2D eigenvalue weighted by molar-refractivity contribution is 6.09. The molecule has 6 aromatic rings. The van der Waals surface area contributed by atoms with Crippen LogP contribution in [0.25, 0.3) is 55.6 Å². The van der Waals surface area contributed by atoms with E-state index >= 15 is 0 Å². The quantitative estimate of drug-likeness (QED) is 0.284. The Kier molecular flexibility index (Phi) is 4.03. The van der Waals surface area contributed by atoms with Gasteiger partial charge in [-0.1, -0.05) is 81.4 Å². The number of para-hydroxylation sites is 3. The molecule has 0 bridgehead atoms. The molecule has 4 aromatic carbocycles. The predicted molar refractivity (Wildman–Crippen MR) is 131 cm³/mol. The Morgan fingerprint density at radius 2 is 1.34 bits per heavy atom. The molecular formula is C29H23NO2. The van der Waals surface area contributed by atoms with E-state index in [9.17, 15) is 0 Å². The molecule has 6 rings (SSSR count). The zero-order valence-corrected chi connectivity index (χ0v) is 18.3. The number of aromatic nitrogens is 1. The van der Waals surface area contributed by atoms with Gasteiger partial charge in [0.1, 0.15) is 16.7 Å². The number of oxazole rings is 1. The van der Waals surface area contributed by atoms with Gasteiger partial charge < -0.3 is 8.83 Å². The van der Waals surface area contributed by atoms with Crippen LogP contribution in [0.3, 0.4) is 0 Å². The number of furan rings is 1. The lowest BCUT2D eigenvalue weighted by Crippen LogP contribution is -2.10. The minimum Gasteiger partial charge on any atom is -0.455 e.